The molecule has 2 aromatic rings. The van der Waals surface area contributed by atoms with E-state index in [1.54, 1.807) is 37.3 Å². The first-order valence-electron chi connectivity index (χ1n) is 6.04. The van der Waals surface area contributed by atoms with E-state index in [4.69, 9.17) is 4.42 Å². The molecule has 0 spiro atoms. The van der Waals surface area contributed by atoms with Crippen LogP contribution < -0.4 is 0 Å². The number of hydrogen-bond donors (Lipinski definition) is 2. The van der Waals surface area contributed by atoms with Crippen LogP contribution in [0.4, 0.5) is 0 Å². The van der Waals surface area contributed by atoms with Gasteiger partial charge in [0.25, 0.3) is 0 Å². The second kappa shape index (κ2) is 5.93. The Morgan fingerprint density at radius 2 is 1.65 bits per heavy atom. The molecule has 0 atom stereocenters. The van der Waals surface area contributed by atoms with Crippen LogP contribution in [-0.4, -0.2) is 16.2 Å². The SMILES string of the molecule is Cc1coc(-c2ccccccccc2O)c1C(=O)O. The summed E-state index contributed by atoms with van der Waals surface area (Å²) in [6, 6.07) is 13.6. The van der Waals surface area contributed by atoms with Crippen molar-refractivity contribution in [1.82, 2.24) is 0 Å². The van der Waals surface area contributed by atoms with Gasteiger partial charge in [0, 0.05) is 5.56 Å². The van der Waals surface area contributed by atoms with Gasteiger partial charge in [-0.05, 0) is 19.1 Å². The average molecular weight is 270 g/mol. The van der Waals surface area contributed by atoms with Crippen LogP contribution in [0.15, 0.2) is 59.2 Å². The van der Waals surface area contributed by atoms with Crippen LogP contribution >= 0.6 is 0 Å². The van der Waals surface area contributed by atoms with Crippen molar-refractivity contribution in [1.29, 1.82) is 0 Å². The quantitative estimate of drug-likeness (QED) is 0.871. The lowest BCUT2D eigenvalue weighted by atomic mass is 10.1. The van der Waals surface area contributed by atoms with Gasteiger partial charge in [0.15, 0.2) is 5.76 Å². The van der Waals surface area contributed by atoms with Crippen molar-refractivity contribution >= 4 is 5.97 Å². The third kappa shape index (κ3) is 2.80. The summed E-state index contributed by atoms with van der Waals surface area (Å²) in [6.07, 6.45) is 1.37. The number of hydrogen-bond acceptors (Lipinski definition) is 3. The van der Waals surface area contributed by atoms with Crippen LogP contribution in [-0.2, 0) is 0 Å². The zero-order chi connectivity index (χ0) is 14.5. The topological polar surface area (TPSA) is 70.7 Å². The summed E-state index contributed by atoms with van der Waals surface area (Å²) in [6.45, 7) is 1.65. The van der Waals surface area contributed by atoms with Gasteiger partial charge >= 0.3 is 5.97 Å². The largest absolute Gasteiger partial charge is 0.507 e. The molecule has 1 aromatic heterocycles. The Labute approximate surface area is 116 Å². The highest BCUT2D eigenvalue weighted by Gasteiger charge is 2.20. The van der Waals surface area contributed by atoms with Crippen LogP contribution in [0.1, 0.15) is 15.9 Å². The average Bonchev–Trinajstić information content (AvgIpc) is 2.79. The van der Waals surface area contributed by atoms with Crippen LogP contribution in [0.3, 0.4) is 0 Å². The molecule has 20 heavy (non-hydrogen) atoms. The molecule has 0 unspecified atom stereocenters. The fraction of sp³-hybridized carbons (Fsp3) is 0.0625. The number of carboxylic acids is 1. The maximum absolute atomic E-state index is 11.3. The molecule has 0 amide bonds. The molecular formula is C16H14O4. The van der Waals surface area contributed by atoms with E-state index in [1.807, 2.05) is 12.1 Å². The van der Waals surface area contributed by atoms with Crippen LogP contribution in [0, 0.1) is 6.92 Å². The van der Waals surface area contributed by atoms with Gasteiger partial charge in [0.2, 0.25) is 0 Å². The second-order valence-corrected chi connectivity index (χ2v) is 4.21. The minimum atomic E-state index is -1.09. The number of aryl methyl sites for hydroxylation is 1. The van der Waals surface area contributed by atoms with E-state index >= 15 is 0 Å². The predicted molar refractivity (Wildman–Crippen MR) is 75.1 cm³/mol. The van der Waals surface area contributed by atoms with Gasteiger partial charge < -0.3 is 14.6 Å². The fourth-order valence-electron chi connectivity index (χ4n) is 1.83. The van der Waals surface area contributed by atoms with Crippen LogP contribution in [0.5, 0.6) is 5.75 Å². The van der Waals surface area contributed by atoms with Gasteiger partial charge in [-0.25, -0.2) is 4.79 Å². The van der Waals surface area contributed by atoms with Gasteiger partial charge in [0.1, 0.15) is 11.3 Å². The first-order chi connectivity index (χ1) is 9.61. The highest BCUT2D eigenvalue weighted by Crippen LogP contribution is 2.32. The Kier molecular flexibility index (Phi) is 4.05. The molecule has 0 bridgehead atoms. The zero-order valence-corrected chi connectivity index (χ0v) is 10.9. The maximum atomic E-state index is 11.3. The van der Waals surface area contributed by atoms with E-state index in [9.17, 15) is 15.0 Å². The maximum Gasteiger partial charge on any atom is 0.339 e. The summed E-state index contributed by atoms with van der Waals surface area (Å²) in [7, 11) is 0. The van der Waals surface area contributed by atoms with E-state index < -0.39 is 5.97 Å². The van der Waals surface area contributed by atoms with Gasteiger partial charge in [0.05, 0.1) is 11.8 Å². The minimum absolute atomic E-state index is 0.0566. The summed E-state index contributed by atoms with van der Waals surface area (Å²) in [4.78, 5) is 11.3. The first-order valence-corrected chi connectivity index (χ1v) is 6.04. The number of carbonyl (C=O) groups is 1. The molecule has 0 saturated heterocycles. The smallest absolute Gasteiger partial charge is 0.339 e. The van der Waals surface area contributed by atoms with E-state index in [0.717, 1.165) is 0 Å². The lowest BCUT2D eigenvalue weighted by Crippen LogP contribution is -1.98. The Morgan fingerprint density at radius 1 is 1.05 bits per heavy atom. The van der Waals surface area contributed by atoms with Gasteiger partial charge in [-0.2, -0.15) is 0 Å². The van der Waals surface area contributed by atoms with Crippen molar-refractivity contribution in [3.05, 3.63) is 65.9 Å². The molecule has 4 heteroatoms. The van der Waals surface area contributed by atoms with E-state index in [0.29, 0.717) is 11.1 Å². The normalized spacial score (nSPS) is 9.85. The standard InChI is InChI=1S/C16H14O4/c1-11-10-20-15(14(11)16(18)19)12-8-6-4-2-3-5-7-9-13(12)17/h2-10,17H,1H3,(H,18,19). The Hall–Kier alpha value is -2.75. The van der Waals surface area contributed by atoms with Crippen molar-refractivity contribution in [2.45, 2.75) is 6.92 Å². The van der Waals surface area contributed by atoms with E-state index in [-0.39, 0.29) is 17.1 Å². The number of furan rings is 1. The Bertz CT molecular complexity index is 684. The molecule has 0 aliphatic heterocycles. The molecule has 0 radical (unpaired) electrons. The highest BCUT2D eigenvalue weighted by molar-refractivity contribution is 5.96. The number of carboxylic acid groups (broad SMARTS) is 1. The first kappa shape index (κ1) is 13.7. The summed E-state index contributed by atoms with van der Waals surface area (Å²) >= 11 is 0. The minimum Gasteiger partial charge on any atom is -0.507 e. The summed E-state index contributed by atoms with van der Waals surface area (Å²) < 4.78 is 5.31. The van der Waals surface area contributed by atoms with Crippen molar-refractivity contribution in [2.24, 2.45) is 0 Å². The number of rotatable bonds is 2. The third-order valence-corrected chi connectivity index (χ3v) is 2.78. The molecule has 0 aliphatic carbocycles. The van der Waals surface area contributed by atoms with Crippen molar-refractivity contribution in [3.63, 3.8) is 0 Å². The number of aromatic hydroxyl groups is 1. The molecule has 2 rings (SSSR count). The van der Waals surface area contributed by atoms with Gasteiger partial charge in [-0.3, -0.25) is 0 Å². The molecule has 0 saturated carbocycles. The third-order valence-electron chi connectivity index (χ3n) is 2.78. The van der Waals surface area contributed by atoms with Crippen molar-refractivity contribution in [2.75, 3.05) is 0 Å². The van der Waals surface area contributed by atoms with Crippen molar-refractivity contribution < 1.29 is 19.4 Å². The lowest BCUT2D eigenvalue weighted by Gasteiger charge is -2.00. The monoisotopic (exact) mass is 270 g/mol. The molecular weight excluding hydrogens is 256 g/mol. The predicted octanol–water partition coefficient (Wildman–Crippen LogP) is 3.78. The molecule has 1 aromatic carbocycles. The van der Waals surface area contributed by atoms with Crippen LogP contribution in [0.2, 0.25) is 0 Å². The fourth-order valence-corrected chi connectivity index (χ4v) is 1.83. The Balaban J connectivity index is 2.73. The molecule has 2 N–H and O–H groups in total. The van der Waals surface area contributed by atoms with E-state index in [1.165, 1.54) is 12.3 Å². The summed E-state index contributed by atoms with van der Waals surface area (Å²) in [5, 5.41) is 19.3. The van der Waals surface area contributed by atoms with E-state index in [2.05, 4.69) is 0 Å². The number of aromatic carboxylic acids is 1. The zero-order valence-electron chi connectivity index (χ0n) is 10.9. The molecule has 102 valence electrons. The van der Waals surface area contributed by atoms with Gasteiger partial charge in [-0.15, -0.1) is 0 Å². The second-order valence-electron chi connectivity index (χ2n) is 4.21. The molecule has 1 heterocycles. The van der Waals surface area contributed by atoms with Gasteiger partial charge in [-0.1, -0.05) is 36.4 Å². The summed E-state index contributed by atoms with van der Waals surface area (Å²) in [5.74, 6) is -0.999. The molecule has 0 aliphatic rings. The van der Waals surface area contributed by atoms with Crippen LogP contribution in [0.25, 0.3) is 11.3 Å². The lowest BCUT2D eigenvalue weighted by molar-refractivity contribution is 0.0696. The Morgan fingerprint density at radius 3 is 2.30 bits per heavy atom. The summed E-state index contributed by atoms with van der Waals surface area (Å²) in [5.41, 5.74) is 0.894. The molecule has 4 nitrogen and oxygen atoms in total. The highest BCUT2D eigenvalue weighted by atomic mass is 16.4. The van der Waals surface area contributed by atoms with Crippen molar-refractivity contribution in [3.8, 4) is 17.1 Å². The molecule has 0 fully saturated rings.